The van der Waals surface area contributed by atoms with E-state index in [2.05, 4.69) is 22.2 Å². The summed E-state index contributed by atoms with van der Waals surface area (Å²) in [6.07, 6.45) is 4.66. The normalized spacial score (nSPS) is 16.8. The van der Waals surface area contributed by atoms with E-state index in [9.17, 15) is 0 Å². The van der Waals surface area contributed by atoms with E-state index in [0.717, 1.165) is 43.3 Å². The summed E-state index contributed by atoms with van der Waals surface area (Å²) in [5.41, 5.74) is 1.09. The largest absolute Gasteiger partial charge is 0.496 e. The van der Waals surface area contributed by atoms with Crippen LogP contribution in [0.5, 0.6) is 17.2 Å². The smallest absolute Gasteiger partial charge is 0.194 e. The first-order chi connectivity index (χ1) is 15.1. The molecule has 2 aromatic rings. The molecule has 0 spiro atoms. The van der Waals surface area contributed by atoms with Gasteiger partial charge >= 0.3 is 0 Å². The predicted octanol–water partition coefficient (Wildman–Crippen LogP) is 2.25. The number of hydrogen-bond acceptors (Lipinski definition) is 6. The van der Waals surface area contributed by atoms with Gasteiger partial charge in [-0.05, 0) is 6.92 Å². The molecule has 1 saturated heterocycles. The lowest BCUT2D eigenvalue weighted by Crippen LogP contribution is -2.48. The number of rotatable bonds is 9. The highest BCUT2D eigenvalue weighted by Gasteiger charge is 2.25. The Bertz CT molecular complexity index is 832. The third-order valence-electron chi connectivity index (χ3n) is 4.96. The Morgan fingerprint density at radius 2 is 1.97 bits per heavy atom. The van der Waals surface area contributed by atoms with Crippen molar-refractivity contribution in [2.24, 2.45) is 12.0 Å². The van der Waals surface area contributed by atoms with Crippen LogP contribution in [-0.2, 0) is 11.8 Å². The maximum atomic E-state index is 5.95. The van der Waals surface area contributed by atoms with Crippen molar-refractivity contribution in [3.63, 3.8) is 0 Å². The number of morpholine rings is 1. The third kappa shape index (κ3) is 6.52. The number of nitrogens with zero attached hydrogens (tertiary/aromatic N) is 4. The topological polar surface area (TPSA) is 82.4 Å². The van der Waals surface area contributed by atoms with E-state index in [-0.39, 0.29) is 6.10 Å². The minimum Gasteiger partial charge on any atom is -0.496 e. The molecule has 1 aliphatic rings. The van der Waals surface area contributed by atoms with Gasteiger partial charge in [0.2, 0.25) is 0 Å². The van der Waals surface area contributed by atoms with Crippen molar-refractivity contribution in [2.45, 2.75) is 19.4 Å². The molecule has 1 atom stereocenters. The fraction of sp³-hybridized carbons (Fsp3) is 0.545. The van der Waals surface area contributed by atoms with Crippen LogP contribution in [0.15, 0.2) is 35.6 Å². The zero-order valence-corrected chi connectivity index (χ0v) is 18.8. The number of guanidine groups is 1. The van der Waals surface area contributed by atoms with Crippen molar-refractivity contribution in [3.05, 3.63) is 36.2 Å². The van der Waals surface area contributed by atoms with Crippen molar-refractivity contribution in [2.75, 3.05) is 53.6 Å². The van der Waals surface area contributed by atoms with Crippen LogP contribution >= 0.6 is 0 Å². The Morgan fingerprint density at radius 3 is 2.61 bits per heavy atom. The van der Waals surface area contributed by atoms with E-state index in [4.69, 9.17) is 23.9 Å². The zero-order valence-electron chi connectivity index (χ0n) is 18.8. The summed E-state index contributed by atoms with van der Waals surface area (Å²) in [7, 11) is 5.17. The third-order valence-corrected chi connectivity index (χ3v) is 4.96. The maximum Gasteiger partial charge on any atom is 0.194 e. The molecule has 1 aliphatic heterocycles. The van der Waals surface area contributed by atoms with Gasteiger partial charge in [-0.2, -0.15) is 5.10 Å². The number of benzene rings is 1. The summed E-state index contributed by atoms with van der Waals surface area (Å²) in [4.78, 5) is 7.04. The number of hydrogen-bond donors (Lipinski definition) is 1. The Morgan fingerprint density at radius 1 is 1.23 bits per heavy atom. The highest BCUT2D eigenvalue weighted by Crippen LogP contribution is 2.27. The lowest BCUT2D eigenvalue weighted by molar-refractivity contribution is -0.00804. The molecular weight excluding hydrogens is 398 g/mol. The van der Waals surface area contributed by atoms with Crippen LogP contribution in [0.4, 0.5) is 0 Å². The second kappa shape index (κ2) is 11.5. The minimum absolute atomic E-state index is 0.00215. The summed E-state index contributed by atoms with van der Waals surface area (Å²) in [5.74, 6) is 3.04. The van der Waals surface area contributed by atoms with E-state index in [1.54, 1.807) is 18.9 Å². The van der Waals surface area contributed by atoms with Crippen molar-refractivity contribution in [1.82, 2.24) is 20.0 Å². The van der Waals surface area contributed by atoms with Gasteiger partial charge in [-0.25, -0.2) is 0 Å². The molecule has 3 rings (SSSR count). The van der Waals surface area contributed by atoms with Crippen LogP contribution in [0.3, 0.4) is 0 Å². The number of ether oxygens (including phenoxy) is 4. The van der Waals surface area contributed by atoms with Gasteiger partial charge in [-0.15, -0.1) is 0 Å². The van der Waals surface area contributed by atoms with Gasteiger partial charge in [0, 0.05) is 63.1 Å². The molecule has 0 saturated carbocycles. The molecular formula is C22H33N5O4. The van der Waals surface area contributed by atoms with Crippen LogP contribution in [0.1, 0.15) is 25.0 Å². The molecule has 1 N–H and O–H groups in total. The first kappa shape index (κ1) is 22.7. The van der Waals surface area contributed by atoms with Gasteiger partial charge in [-0.3, -0.25) is 9.67 Å². The van der Waals surface area contributed by atoms with Crippen molar-refractivity contribution >= 4 is 5.96 Å². The standard InChI is InChI=1S/C22H33N5O4/c1-5-23-22(27-8-10-31-21(16-27)17-14-25-26(2)15-17)24-7-6-9-30-20-12-18(28-3)11-19(13-20)29-4/h11-15,21H,5-10,16H2,1-4H3,(H,23,24). The van der Waals surface area contributed by atoms with Gasteiger partial charge in [0.1, 0.15) is 23.4 Å². The van der Waals surface area contributed by atoms with E-state index >= 15 is 0 Å². The fourth-order valence-corrected chi connectivity index (χ4v) is 3.38. The van der Waals surface area contributed by atoms with E-state index in [1.165, 1.54) is 0 Å². The molecule has 1 aromatic carbocycles. The summed E-state index contributed by atoms with van der Waals surface area (Å²) in [6.45, 7) is 6.33. The number of aliphatic imine (C=N–C) groups is 1. The van der Waals surface area contributed by atoms with Gasteiger partial charge in [0.25, 0.3) is 0 Å². The zero-order chi connectivity index (χ0) is 22.1. The highest BCUT2D eigenvalue weighted by atomic mass is 16.5. The van der Waals surface area contributed by atoms with Gasteiger partial charge in [-0.1, -0.05) is 0 Å². The monoisotopic (exact) mass is 431 g/mol. The first-order valence-corrected chi connectivity index (χ1v) is 10.6. The van der Waals surface area contributed by atoms with Crippen LogP contribution < -0.4 is 19.5 Å². The van der Waals surface area contributed by atoms with Crippen LogP contribution in [0, 0.1) is 0 Å². The Balaban J connectivity index is 1.52. The molecule has 9 heteroatoms. The molecule has 2 heterocycles. The van der Waals surface area contributed by atoms with E-state index < -0.39 is 0 Å². The molecule has 1 unspecified atom stereocenters. The van der Waals surface area contributed by atoms with Gasteiger partial charge < -0.3 is 29.2 Å². The number of nitrogens with one attached hydrogen (secondary N) is 1. The Labute approximate surface area is 183 Å². The number of aryl methyl sites for hydroxylation is 1. The molecule has 0 radical (unpaired) electrons. The van der Waals surface area contributed by atoms with Crippen LogP contribution in [0.25, 0.3) is 0 Å². The number of aromatic nitrogens is 2. The molecule has 31 heavy (non-hydrogen) atoms. The average molecular weight is 432 g/mol. The van der Waals surface area contributed by atoms with E-state index in [1.807, 2.05) is 37.6 Å². The lowest BCUT2D eigenvalue weighted by atomic mass is 10.1. The molecule has 0 amide bonds. The quantitative estimate of drug-likeness (QED) is 0.370. The minimum atomic E-state index is -0.00215. The fourth-order valence-electron chi connectivity index (χ4n) is 3.38. The predicted molar refractivity (Wildman–Crippen MR) is 119 cm³/mol. The van der Waals surface area contributed by atoms with Gasteiger partial charge in [0.05, 0.1) is 40.2 Å². The Hall–Kier alpha value is -2.94. The van der Waals surface area contributed by atoms with Crippen molar-refractivity contribution in [1.29, 1.82) is 0 Å². The summed E-state index contributed by atoms with van der Waals surface area (Å²) in [6, 6.07) is 5.52. The molecule has 170 valence electrons. The van der Waals surface area contributed by atoms with Crippen molar-refractivity contribution < 1.29 is 18.9 Å². The number of methoxy groups -OCH3 is 2. The van der Waals surface area contributed by atoms with Gasteiger partial charge in [0.15, 0.2) is 5.96 Å². The second-order valence-corrected chi connectivity index (χ2v) is 7.24. The second-order valence-electron chi connectivity index (χ2n) is 7.24. The summed E-state index contributed by atoms with van der Waals surface area (Å²) >= 11 is 0. The summed E-state index contributed by atoms with van der Waals surface area (Å²) in [5, 5.41) is 7.65. The highest BCUT2D eigenvalue weighted by molar-refractivity contribution is 5.80. The first-order valence-electron chi connectivity index (χ1n) is 10.6. The lowest BCUT2D eigenvalue weighted by Gasteiger charge is -2.34. The molecule has 0 aliphatic carbocycles. The SMILES string of the molecule is CCNC(=NCCCOc1cc(OC)cc(OC)c1)N1CCOC(c2cnn(C)c2)C1. The molecule has 9 nitrogen and oxygen atoms in total. The van der Waals surface area contributed by atoms with Crippen LogP contribution in [-0.4, -0.2) is 74.3 Å². The average Bonchev–Trinajstić information content (AvgIpc) is 3.24. The molecule has 1 fully saturated rings. The summed E-state index contributed by atoms with van der Waals surface area (Å²) < 4.78 is 24.2. The van der Waals surface area contributed by atoms with Crippen LogP contribution in [0.2, 0.25) is 0 Å². The van der Waals surface area contributed by atoms with E-state index in [0.29, 0.717) is 31.3 Å². The van der Waals surface area contributed by atoms with Crippen molar-refractivity contribution in [3.8, 4) is 17.2 Å². The molecule has 1 aromatic heterocycles. The molecule has 0 bridgehead atoms. The Kier molecular flexibility index (Phi) is 8.40. The maximum absolute atomic E-state index is 5.95.